The van der Waals surface area contributed by atoms with Gasteiger partial charge in [-0.05, 0) is 11.6 Å². The molecule has 1 atom stereocenters. The van der Waals surface area contributed by atoms with Crippen LogP contribution in [0.15, 0.2) is 47.4 Å². The molecule has 0 radical (unpaired) electrons. The molecular weight excluding hydrogens is 332 g/mol. The fourth-order valence-electron chi connectivity index (χ4n) is 1.88. The van der Waals surface area contributed by atoms with Crippen LogP contribution in [0, 0.1) is 0 Å². The van der Waals surface area contributed by atoms with E-state index in [4.69, 9.17) is 10.5 Å². The molecular formula is C13H16N3NaO5P+. The first kappa shape index (κ1) is 20.1. The Morgan fingerprint density at radius 3 is 2.48 bits per heavy atom. The van der Waals surface area contributed by atoms with Crippen molar-refractivity contribution in [2.45, 2.75) is 12.4 Å². The minimum atomic E-state index is -4.48. The van der Waals surface area contributed by atoms with Gasteiger partial charge in [0, 0.05) is 6.20 Å². The Hall–Kier alpha value is -0.990. The van der Waals surface area contributed by atoms with E-state index >= 15 is 0 Å². The Bertz CT molecular complexity index is 734. The van der Waals surface area contributed by atoms with Gasteiger partial charge >= 0.3 is 42.8 Å². The van der Waals surface area contributed by atoms with E-state index in [1.165, 1.54) is 16.8 Å². The summed E-state index contributed by atoms with van der Waals surface area (Å²) in [5.74, 6) is -1.26. The predicted octanol–water partition coefficient (Wildman–Crippen LogP) is -2.28. The maximum atomic E-state index is 11.6. The van der Waals surface area contributed by atoms with Crippen LogP contribution in [-0.2, 0) is 15.8 Å². The Labute approximate surface area is 154 Å². The molecule has 1 aromatic carbocycles. The van der Waals surface area contributed by atoms with Crippen LogP contribution in [0.2, 0.25) is 0 Å². The number of hydrogen-bond acceptors (Lipinski definition) is 5. The van der Waals surface area contributed by atoms with Crippen LogP contribution in [0.25, 0.3) is 0 Å². The second-order valence-corrected chi connectivity index (χ2v) is 6.20. The van der Waals surface area contributed by atoms with Gasteiger partial charge in [0.25, 0.3) is 0 Å². The fourth-order valence-corrected chi connectivity index (χ4v) is 2.74. The molecule has 0 bridgehead atoms. The summed E-state index contributed by atoms with van der Waals surface area (Å²) in [5.41, 5.74) is 5.21. The van der Waals surface area contributed by atoms with Crippen molar-refractivity contribution in [2.75, 3.05) is 12.3 Å². The first-order chi connectivity index (χ1) is 10.4. The molecule has 1 unspecified atom stereocenters. The molecule has 23 heavy (non-hydrogen) atoms. The van der Waals surface area contributed by atoms with Crippen LogP contribution >= 0.6 is 7.60 Å². The first-order valence-corrected chi connectivity index (χ1v) is 8.11. The van der Waals surface area contributed by atoms with Crippen molar-refractivity contribution in [3.8, 4) is 0 Å². The maximum absolute atomic E-state index is 11.6. The van der Waals surface area contributed by atoms with Crippen LogP contribution in [0.1, 0.15) is 11.4 Å². The van der Waals surface area contributed by atoms with Gasteiger partial charge < -0.3 is 20.3 Å². The molecule has 0 fully saturated rings. The molecule has 1 aromatic heterocycles. The molecule has 118 valence electrons. The number of nitrogens with zero attached hydrogens (tertiary/aromatic N) is 2. The number of nitrogen functional groups attached to an aromatic ring is 1. The maximum Gasteiger partial charge on any atom is 1.00 e. The Kier molecular flexibility index (Phi) is 7.63. The van der Waals surface area contributed by atoms with Crippen LogP contribution < -0.4 is 41.0 Å². The number of ether oxygens (including phenoxy) is 1. The van der Waals surface area contributed by atoms with Crippen molar-refractivity contribution in [1.29, 1.82) is 0 Å². The average molecular weight is 348 g/mol. The fraction of sp³-hybridized carbons (Fsp3) is 0.231. The quantitative estimate of drug-likeness (QED) is 0.396. The van der Waals surface area contributed by atoms with Gasteiger partial charge in [0.1, 0.15) is 5.82 Å². The molecule has 0 aliphatic carbocycles. The van der Waals surface area contributed by atoms with E-state index in [1.807, 2.05) is 0 Å². The van der Waals surface area contributed by atoms with Crippen molar-refractivity contribution < 1.29 is 48.6 Å². The topological polar surface area (TPSA) is 128 Å². The van der Waals surface area contributed by atoms with Gasteiger partial charge in [-0.2, -0.15) is 4.98 Å². The zero-order valence-corrected chi connectivity index (χ0v) is 15.5. The first-order valence-electron chi connectivity index (χ1n) is 6.42. The van der Waals surface area contributed by atoms with Gasteiger partial charge in [-0.3, -0.25) is 9.13 Å². The van der Waals surface area contributed by atoms with Crippen molar-refractivity contribution in [3.05, 3.63) is 58.6 Å². The molecule has 0 aliphatic heterocycles. The van der Waals surface area contributed by atoms with E-state index in [-0.39, 0.29) is 48.5 Å². The summed E-state index contributed by atoms with van der Waals surface area (Å²) in [4.78, 5) is 33.9. The Morgan fingerprint density at radius 1 is 1.26 bits per heavy atom. The minimum Gasteiger partial charge on any atom is -0.383 e. The van der Waals surface area contributed by atoms with E-state index in [0.717, 1.165) is 0 Å². The van der Waals surface area contributed by atoms with Crippen LogP contribution in [0.5, 0.6) is 0 Å². The summed E-state index contributed by atoms with van der Waals surface area (Å²) in [7, 11) is -4.48. The standard InChI is InChI=1S/C13H16N3O5P.Na/c14-11-6-7-16(13(17)15-11)8-9-21-12(22(18,19)20)10-4-2-1-3-5-10;/h1-7,12H,8-9H2,(H2,14,15,17)(H2,18,19,20);/q;+1. The van der Waals surface area contributed by atoms with E-state index in [0.29, 0.717) is 5.56 Å². The molecule has 10 heteroatoms. The zero-order valence-electron chi connectivity index (χ0n) is 12.6. The van der Waals surface area contributed by atoms with Gasteiger partial charge in [-0.15, -0.1) is 0 Å². The van der Waals surface area contributed by atoms with Crippen LogP contribution in [0.3, 0.4) is 0 Å². The summed E-state index contributed by atoms with van der Waals surface area (Å²) < 4.78 is 18.1. The van der Waals surface area contributed by atoms with Gasteiger partial charge in [0.2, 0.25) is 0 Å². The van der Waals surface area contributed by atoms with Crippen molar-refractivity contribution >= 4 is 13.4 Å². The zero-order chi connectivity index (χ0) is 16.2. The second kappa shape index (κ2) is 8.75. The predicted molar refractivity (Wildman–Crippen MR) is 80.1 cm³/mol. The third-order valence-electron chi connectivity index (χ3n) is 2.89. The number of benzene rings is 1. The van der Waals surface area contributed by atoms with E-state index in [1.54, 1.807) is 30.3 Å². The average Bonchev–Trinajstić information content (AvgIpc) is 2.45. The summed E-state index contributed by atoms with van der Waals surface area (Å²) in [5, 5.41) is 0. The molecule has 0 spiro atoms. The Balaban J connectivity index is 0.00000264. The summed E-state index contributed by atoms with van der Waals surface area (Å²) in [6, 6.07) is 9.66. The number of anilines is 1. The van der Waals surface area contributed by atoms with Gasteiger partial charge in [0.05, 0.1) is 13.2 Å². The Morgan fingerprint density at radius 2 is 1.91 bits per heavy atom. The summed E-state index contributed by atoms with van der Waals surface area (Å²) >= 11 is 0. The largest absolute Gasteiger partial charge is 1.00 e. The third kappa shape index (κ3) is 5.86. The van der Waals surface area contributed by atoms with E-state index in [9.17, 15) is 19.1 Å². The number of aromatic nitrogens is 2. The minimum absolute atomic E-state index is 0. The molecule has 0 saturated carbocycles. The van der Waals surface area contributed by atoms with Gasteiger partial charge in [0.15, 0.2) is 5.85 Å². The molecule has 0 aliphatic rings. The van der Waals surface area contributed by atoms with Crippen molar-refractivity contribution in [3.63, 3.8) is 0 Å². The van der Waals surface area contributed by atoms with E-state index in [2.05, 4.69) is 4.98 Å². The molecule has 4 N–H and O–H groups in total. The number of nitrogens with two attached hydrogens (primary N) is 1. The number of rotatable bonds is 6. The normalized spacial score (nSPS) is 12.4. The SMILES string of the molecule is Nc1ccn(CCOC(c2ccccc2)P(=O)(O)O)c(=O)n1.[Na+]. The molecule has 1 heterocycles. The molecule has 8 nitrogen and oxygen atoms in total. The van der Waals surface area contributed by atoms with Gasteiger partial charge in [-0.25, -0.2) is 4.79 Å². The smallest absolute Gasteiger partial charge is 0.383 e. The van der Waals surface area contributed by atoms with Crippen LogP contribution in [-0.4, -0.2) is 25.9 Å². The van der Waals surface area contributed by atoms with E-state index < -0.39 is 19.1 Å². The molecule has 2 rings (SSSR count). The number of hydrogen-bond donors (Lipinski definition) is 3. The van der Waals surface area contributed by atoms with Crippen molar-refractivity contribution in [1.82, 2.24) is 9.55 Å². The monoisotopic (exact) mass is 348 g/mol. The summed E-state index contributed by atoms with van der Waals surface area (Å²) in [6.45, 7) is 0.0472. The summed E-state index contributed by atoms with van der Waals surface area (Å²) in [6.07, 6.45) is 1.45. The van der Waals surface area contributed by atoms with Gasteiger partial charge in [-0.1, -0.05) is 30.3 Å². The second-order valence-electron chi connectivity index (χ2n) is 4.55. The third-order valence-corrected chi connectivity index (χ3v) is 3.95. The van der Waals surface area contributed by atoms with Crippen LogP contribution in [0.4, 0.5) is 5.82 Å². The molecule has 2 aromatic rings. The molecule has 0 amide bonds. The van der Waals surface area contributed by atoms with Crippen molar-refractivity contribution in [2.24, 2.45) is 0 Å². The molecule has 0 saturated heterocycles.